The number of aldehydes is 1. The molecule has 1 aromatic carbocycles. The number of hydrogen-bond acceptors (Lipinski definition) is 5. The second kappa shape index (κ2) is 11.7. The molecule has 0 aromatic heterocycles. The fourth-order valence-corrected chi connectivity index (χ4v) is 3.95. The average molecular weight is 419 g/mol. The van der Waals surface area contributed by atoms with E-state index >= 15 is 0 Å². The van der Waals surface area contributed by atoms with Gasteiger partial charge in [0.05, 0.1) is 12.5 Å². The first-order valence-corrected chi connectivity index (χ1v) is 10.7. The molecule has 166 valence electrons. The molecule has 0 saturated carbocycles. The van der Waals surface area contributed by atoms with Gasteiger partial charge in [0.25, 0.3) is 0 Å². The summed E-state index contributed by atoms with van der Waals surface area (Å²) >= 11 is 0. The Morgan fingerprint density at radius 1 is 1.27 bits per heavy atom. The van der Waals surface area contributed by atoms with Crippen molar-refractivity contribution in [3.8, 4) is 5.75 Å². The van der Waals surface area contributed by atoms with E-state index in [2.05, 4.69) is 0 Å². The summed E-state index contributed by atoms with van der Waals surface area (Å²) in [6.45, 7) is 5.16. The van der Waals surface area contributed by atoms with E-state index in [-0.39, 0.29) is 17.9 Å². The number of ether oxygens (including phenoxy) is 1. The van der Waals surface area contributed by atoms with Crippen LogP contribution in [0.25, 0.3) is 0 Å². The van der Waals surface area contributed by atoms with Crippen molar-refractivity contribution in [1.82, 2.24) is 9.80 Å². The summed E-state index contributed by atoms with van der Waals surface area (Å²) in [5.41, 5.74) is 1.12. The maximum absolute atomic E-state index is 13.0. The molecule has 1 aliphatic heterocycles. The first kappa shape index (κ1) is 23.9. The number of hydrogen-bond donors (Lipinski definition) is 1. The molecule has 1 heterocycles. The van der Waals surface area contributed by atoms with Gasteiger partial charge in [0.15, 0.2) is 0 Å². The Balaban J connectivity index is 1.89. The van der Waals surface area contributed by atoms with Crippen LogP contribution >= 0.6 is 0 Å². The Hall–Kier alpha value is -2.41. The fraction of sp³-hybridized carbons (Fsp3) is 0.609. The van der Waals surface area contributed by atoms with E-state index in [1.54, 1.807) is 23.8 Å². The minimum absolute atomic E-state index is 0.0170. The van der Waals surface area contributed by atoms with E-state index < -0.39 is 12.0 Å². The summed E-state index contributed by atoms with van der Waals surface area (Å²) in [7, 11) is 1.78. The number of amides is 2. The maximum atomic E-state index is 13.0. The zero-order valence-corrected chi connectivity index (χ0v) is 18.3. The van der Waals surface area contributed by atoms with Crippen molar-refractivity contribution in [1.29, 1.82) is 0 Å². The molecule has 0 bridgehead atoms. The topological polar surface area (TPSA) is 87.2 Å². The minimum atomic E-state index is -1.30. The molecule has 30 heavy (non-hydrogen) atoms. The van der Waals surface area contributed by atoms with Gasteiger partial charge in [-0.2, -0.15) is 0 Å². The van der Waals surface area contributed by atoms with Gasteiger partial charge in [-0.05, 0) is 56.7 Å². The standard InChI is InChI=1S/C23H34N2O5/c1-4-30-20-10-8-18(9-11-20)6-5-7-21(22(28)16-26)23(29)25-14-12-19(13-15-25)24(3)17(2)27/h8-11,16,19,21-22,28H,4-7,12-15H2,1-3H3/t21-,22-/m1/s1. The third kappa shape index (κ3) is 6.55. The number of carbonyl (C=O) groups excluding carboxylic acids is 3. The van der Waals surface area contributed by atoms with E-state index in [1.165, 1.54) is 0 Å². The van der Waals surface area contributed by atoms with Crippen molar-refractivity contribution in [2.45, 2.75) is 58.1 Å². The van der Waals surface area contributed by atoms with E-state index in [1.807, 2.05) is 31.2 Å². The number of benzene rings is 1. The van der Waals surface area contributed by atoms with Crippen LogP contribution < -0.4 is 4.74 Å². The summed E-state index contributed by atoms with van der Waals surface area (Å²) in [5, 5.41) is 10.1. The molecule has 1 fully saturated rings. The Labute approximate surface area is 179 Å². The minimum Gasteiger partial charge on any atom is -0.494 e. The number of nitrogens with zero attached hydrogens (tertiary/aromatic N) is 2. The highest BCUT2D eigenvalue weighted by atomic mass is 16.5. The largest absolute Gasteiger partial charge is 0.494 e. The molecule has 1 saturated heterocycles. The first-order valence-electron chi connectivity index (χ1n) is 10.7. The summed E-state index contributed by atoms with van der Waals surface area (Å²) in [6.07, 6.45) is 2.46. The number of carbonyl (C=O) groups is 3. The lowest BCUT2D eigenvalue weighted by atomic mass is 9.92. The van der Waals surface area contributed by atoms with E-state index in [4.69, 9.17) is 4.74 Å². The third-order valence-corrected chi connectivity index (χ3v) is 5.90. The van der Waals surface area contributed by atoms with Crippen molar-refractivity contribution < 1.29 is 24.2 Å². The van der Waals surface area contributed by atoms with Gasteiger partial charge in [0, 0.05) is 33.1 Å². The monoisotopic (exact) mass is 418 g/mol. The Bertz CT molecular complexity index is 698. The van der Waals surface area contributed by atoms with Crippen LogP contribution in [0.5, 0.6) is 5.75 Å². The van der Waals surface area contributed by atoms with Crippen molar-refractivity contribution >= 4 is 18.1 Å². The van der Waals surface area contributed by atoms with Gasteiger partial charge in [-0.15, -0.1) is 0 Å². The lowest BCUT2D eigenvalue weighted by molar-refractivity contribution is -0.144. The lowest BCUT2D eigenvalue weighted by Crippen LogP contribution is -2.49. The van der Waals surface area contributed by atoms with Crippen LogP contribution in [0.15, 0.2) is 24.3 Å². The lowest BCUT2D eigenvalue weighted by Gasteiger charge is -2.38. The third-order valence-electron chi connectivity index (χ3n) is 5.90. The van der Waals surface area contributed by atoms with E-state index in [0.717, 1.165) is 17.7 Å². The Morgan fingerprint density at radius 2 is 1.90 bits per heavy atom. The van der Waals surface area contributed by atoms with Crippen molar-refractivity contribution in [2.75, 3.05) is 26.7 Å². The average Bonchev–Trinajstić information content (AvgIpc) is 2.76. The molecule has 2 rings (SSSR count). The van der Waals surface area contributed by atoms with Gasteiger partial charge in [0.2, 0.25) is 11.8 Å². The maximum Gasteiger partial charge on any atom is 0.228 e. The van der Waals surface area contributed by atoms with Crippen LogP contribution in [-0.4, -0.2) is 71.9 Å². The smallest absolute Gasteiger partial charge is 0.228 e. The SMILES string of the molecule is CCOc1ccc(CCC[C@@H](C(=O)N2CCC(N(C)C(C)=O)CC2)[C@H](O)C=O)cc1. The zero-order chi connectivity index (χ0) is 22.1. The van der Waals surface area contributed by atoms with Crippen LogP contribution in [0.4, 0.5) is 0 Å². The summed E-state index contributed by atoms with van der Waals surface area (Å²) in [6, 6.07) is 7.96. The molecule has 0 spiro atoms. The van der Waals surface area contributed by atoms with Crippen molar-refractivity contribution in [2.24, 2.45) is 5.92 Å². The summed E-state index contributed by atoms with van der Waals surface area (Å²) in [4.78, 5) is 39.2. The number of aliphatic hydroxyl groups excluding tert-OH is 1. The predicted octanol–water partition coefficient (Wildman–Crippen LogP) is 2.05. The highest BCUT2D eigenvalue weighted by molar-refractivity contribution is 5.83. The highest BCUT2D eigenvalue weighted by Crippen LogP contribution is 2.22. The number of likely N-dealkylation sites (tertiary alicyclic amines) is 1. The Morgan fingerprint density at radius 3 is 2.43 bits per heavy atom. The number of rotatable bonds is 10. The number of aryl methyl sites for hydroxylation is 1. The first-order chi connectivity index (χ1) is 14.4. The van der Waals surface area contributed by atoms with Gasteiger partial charge in [-0.3, -0.25) is 9.59 Å². The van der Waals surface area contributed by atoms with Crippen LogP contribution in [0.2, 0.25) is 0 Å². The molecule has 1 N–H and O–H groups in total. The zero-order valence-electron chi connectivity index (χ0n) is 18.3. The molecule has 7 nitrogen and oxygen atoms in total. The van der Waals surface area contributed by atoms with Crippen LogP contribution in [0.3, 0.4) is 0 Å². The second-order valence-corrected chi connectivity index (χ2v) is 7.89. The quantitative estimate of drug-likeness (QED) is 0.588. The molecule has 7 heteroatoms. The van der Waals surface area contributed by atoms with Crippen LogP contribution in [0, 0.1) is 5.92 Å². The van der Waals surface area contributed by atoms with Crippen molar-refractivity contribution in [3.05, 3.63) is 29.8 Å². The molecule has 0 unspecified atom stereocenters. The summed E-state index contributed by atoms with van der Waals surface area (Å²) in [5.74, 6) is -0.0645. The number of piperidine rings is 1. The molecule has 0 radical (unpaired) electrons. The second-order valence-electron chi connectivity index (χ2n) is 7.89. The van der Waals surface area contributed by atoms with Gasteiger partial charge in [-0.25, -0.2) is 0 Å². The highest BCUT2D eigenvalue weighted by Gasteiger charge is 2.33. The fourth-order valence-electron chi connectivity index (χ4n) is 3.95. The predicted molar refractivity (Wildman–Crippen MR) is 114 cm³/mol. The number of aliphatic hydroxyl groups is 1. The normalized spacial score (nSPS) is 16.6. The molecule has 2 atom stereocenters. The van der Waals surface area contributed by atoms with Crippen LogP contribution in [0.1, 0.15) is 45.1 Å². The van der Waals surface area contributed by atoms with Crippen molar-refractivity contribution in [3.63, 3.8) is 0 Å². The van der Waals surface area contributed by atoms with Crippen LogP contribution in [-0.2, 0) is 20.8 Å². The van der Waals surface area contributed by atoms with Gasteiger partial charge < -0.3 is 24.4 Å². The molecular weight excluding hydrogens is 384 g/mol. The molecule has 0 aliphatic carbocycles. The van der Waals surface area contributed by atoms with Gasteiger partial charge in [0.1, 0.15) is 18.1 Å². The van der Waals surface area contributed by atoms with E-state index in [0.29, 0.717) is 51.7 Å². The molecule has 2 amide bonds. The van der Waals surface area contributed by atoms with E-state index in [9.17, 15) is 19.5 Å². The molecule has 1 aliphatic rings. The van der Waals surface area contributed by atoms with Gasteiger partial charge in [-0.1, -0.05) is 12.1 Å². The Kier molecular flexibility index (Phi) is 9.30. The molecule has 1 aromatic rings. The van der Waals surface area contributed by atoms with Gasteiger partial charge >= 0.3 is 0 Å². The molecular formula is C23H34N2O5. The summed E-state index contributed by atoms with van der Waals surface area (Å²) < 4.78 is 5.44.